The summed E-state index contributed by atoms with van der Waals surface area (Å²) in [6.45, 7) is 4.75. The summed E-state index contributed by atoms with van der Waals surface area (Å²) in [5, 5.41) is 0. The van der Waals surface area contributed by atoms with E-state index in [1.54, 1.807) is 0 Å². The van der Waals surface area contributed by atoms with E-state index >= 15 is 0 Å². The van der Waals surface area contributed by atoms with Crippen molar-refractivity contribution < 1.29 is 9.63 Å². The fourth-order valence-electron chi connectivity index (χ4n) is 1.15. The van der Waals surface area contributed by atoms with Crippen molar-refractivity contribution in [1.29, 1.82) is 0 Å². The van der Waals surface area contributed by atoms with Gasteiger partial charge in [-0.15, -0.1) is 0 Å². The second-order valence-electron chi connectivity index (χ2n) is 2.95. The van der Waals surface area contributed by atoms with Gasteiger partial charge in [0.1, 0.15) is 0 Å². The van der Waals surface area contributed by atoms with Crippen molar-refractivity contribution in [3.8, 4) is 0 Å². The van der Waals surface area contributed by atoms with Gasteiger partial charge in [-0.1, -0.05) is 13.8 Å². The van der Waals surface area contributed by atoms with Crippen molar-refractivity contribution in [2.24, 2.45) is 11.8 Å². The van der Waals surface area contributed by atoms with E-state index in [9.17, 15) is 4.79 Å². The molecule has 3 heteroatoms. The summed E-state index contributed by atoms with van der Waals surface area (Å²) in [4.78, 5) is 15.8. The van der Waals surface area contributed by atoms with Gasteiger partial charge in [-0.25, -0.2) is 5.48 Å². The first-order chi connectivity index (χ1) is 4.72. The Balaban J connectivity index is 2.48. The molecule has 0 radical (unpaired) electrons. The first-order valence-electron chi connectivity index (χ1n) is 3.63. The molecule has 1 aliphatic heterocycles. The maximum Gasteiger partial charge on any atom is 0.246 e. The van der Waals surface area contributed by atoms with Crippen molar-refractivity contribution in [1.82, 2.24) is 5.48 Å². The van der Waals surface area contributed by atoms with Crippen LogP contribution in [0.4, 0.5) is 0 Å². The number of hydroxylamine groups is 1. The monoisotopic (exact) mass is 143 g/mol. The molecule has 1 unspecified atom stereocenters. The standard InChI is InChI=1S/C7H13NO2/c1-5(2)6-3-4-10-8-7(6)9/h5-6H,3-4H2,1-2H3,(H,8,9). The molecule has 0 aromatic heterocycles. The molecule has 0 aliphatic carbocycles. The predicted octanol–water partition coefficient (Wildman–Crippen LogP) is 0.710. The van der Waals surface area contributed by atoms with Crippen molar-refractivity contribution >= 4 is 5.91 Å². The van der Waals surface area contributed by atoms with E-state index < -0.39 is 0 Å². The summed E-state index contributed by atoms with van der Waals surface area (Å²) in [6, 6.07) is 0. The molecule has 58 valence electrons. The Hall–Kier alpha value is -0.570. The van der Waals surface area contributed by atoms with Gasteiger partial charge < -0.3 is 0 Å². The second kappa shape index (κ2) is 3.01. The van der Waals surface area contributed by atoms with Crippen LogP contribution in [0.3, 0.4) is 0 Å². The molecule has 1 heterocycles. The van der Waals surface area contributed by atoms with Crippen LogP contribution >= 0.6 is 0 Å². The summed E-state index contributed by atoms with van der Waals surface area (Å²) >= 11 is 0. The Kier molecular flexibility index (Phi) is 2.27. The van der Waals surface area contributed by atoms with E-state index in [-0.39, 0.29) is 11.8 Å². The highest BCUT2D eigenvalue weighted by atomic mass is 16.7. The molecule has 0 bridgehead atoms. The van der Waals surface area contributed by atoms with E-state index in [1.165, 1.54) is 0 Å². The molecule has 1 N–H and O–H groups in total. The fraction of sp³-hybridized carbons (Fsp3) is 0.857. The van der Waals surface area contributed by atoms with Crippen LogP contribution in [0.1, 0.15) is 20.3 Å². The van der Waals surface area contributed by atoms with Gasteiger partial charge in [0.05, 0.1) is 6.61 Å². The maximum atomic E-state index is 11.0. The van der Waals surface area contributed by atoms with E-state index in [0.717, 1.165) is 6.42 Å². The van der Waals surface area contributed by atoms with Crippen LogP contribution < -0.4 is 5.48 Å². The van der Waals surface area contributed by atoms with Gasteiger partial charge in [-0.3, -0.25) is 9.63 Å². The number of carbonyl (C=O) groups excluding carboxylic acids is 1. The zero-order valence-electron chi connectivity index (χ0n) is 6.39. The number of nitrogens with one attached hydrogen (secondary N) is 1. The predicted molar refractivity (Wildman–Crippen MR) is 37.0 cm³/mol. The van der Waals surface area contributed by atoms with Gasteiger partial charge in [0.15, 0.2) is 0 Å². The van der Waals surface area contributed by atoms with E-state index in [1.807, 2.05) is 0 Å². The minimum Gasteiger partial charge on any atom is -0.274 e. The highest BCUT2D eigenvalue weighted by Crippen LogP contribution is 2.17. The van der Waals surface area contributed by atoms with Crippen LogP contribution in [0.25, 0.3) is 0 Å². The minimum absolute atomic E-state index is 0.0289. The molecule has 1 atom stereocenters. The molecule has 10 heavy (non-hydrogen) atoms. The molecular formula is C7H13NO2. The highest BCUT2D eigenvalue weighted by Gasteiger charge is 2.25. The molecule has 1 rings (SSSR count). The van der Waals surface area contributed by atoms with Crippen LogP contribution in [-0.4, -0.2) is 12.5 Å². The highest BCUT2D eigenvalue weighted by molar-refractivity contribution is 5.78. The third-order valence-electron chi connectivity index (χ3n) is 1.85. The van der Waals surface area contributed by atoms with Gasteiger partial charge in [-0.05, 0) is 12.3 Å². The number of hydrogen-bond acceptors (Lipinski definition) is 2. The Morgan fingerprint density at radius 3 is 2.80 bits per heavy atom. The first-order valence-corrected chi connectivity index (χ1v) is 3.63. The van der Waals surface area contributed by atoms with Gasteiger partial charge in [-0.2, -0.15) is 0 Å². The summed E-state index contributed by atoms with van der Waals surface area (Å²) in [7, 11) is 0. The number of rotatable bonds is 1. The summed E-state index contributed by atoms with van der Waals surface area (Å²) in [5.41, 5.74) is 2.37. The Bertz CT molecular complexity index is 134. The van der Waals surface area contributed by atoms with Crippen LogP contribution in [0.5, 0.6) is 0 Å². The Morgan fingerprint density at radius 2 is 2.40 bits per heavy atom. The number of carbonyl (C=O) groups is 1. The largest absolute Gasteiger partial charge is 0.274 e. The average molecular weight is 143 g/mol. The van der Waals surface area contributed by atoms with Crippen LogP contribution in [0, 0.1) is 11.8 Å². The van der Waals surface area contributed by atoms with Crippen LogP contribution in [0.15, 0.2) is 0 Å². The quantitative estimate of drug-likeness (QED) is 0.587. The van der Waals surface area contributed by atoms with Gasteiger partial charge in [0.2, 0.25) is 5.91 Å². The molecule has 0 aromatic carbocycles. The van der Waals surface area contributed by atoms with Crippen LogP contribution in [0.2, 0.25) is 0 Å². The zero-order chi connectivity index (χ0) is 7.56. The van der Waals surface area contributed by atoms with E-state index in [4.69, 9.17) is 4.84 Å². The summed E-state index contributed by atoms with van der Waals surface area (Å²) in [6.07, 6.45) is 0.851. The molecule has 0 spiro atoms. The number of hydrogen-bond donors (Lipinski definition) is 1. The Morgan fingerprint density at radius 1 is 1.70 bits per heavy atom. The molecule has 0 saturated carbocycles. The third kappa shape index (κ3) is 1.48. The molecule has 1 fully saturated rings. The summed E-state index contributed by atoms with van der Waals surface area (Å²) < 4.78 is 0. The zero-order valence-corrected chi connectivity index (χ0v) is 6.39. The van der Waals surface area contributed by atoms with Crippen LogP contribution in [-0.2, 0) is 9.63 Å². The lowest BCUT2D eigenvalue weighted by atomic mass is 9.92. The normalized spacial score (nSPS) is 26.7. The van der Waals surface area contributed by atoms with Gasteiger partial charge in [0.25, 0.3) is 0 Å². The molecular weight excluding hydrogens is 130 g/mol. The van der Waals surface area contributed by atoms with E-state index in [0.29, 0.717) is 12.5 Å². The molecule has 1 aliphatic rings. The lowest BCUT2D eigenvalue weighted by Gasteiger charge is -2.23. The minimum atomic E-state index is 0.0289. The van der Waals surface area contributed by atoms with Gasteiger partial charge >= 0.3 is 0 Å². The van der Waals surface area contributed by atoms with E-state index in [2.05, 4.69) is 19.3 Å². The van der Waals surface area contributed by atoms with Crippen molar-refractivity contribution in [2.45, 2.75) is 20.3 Å². The lowest BCUT2D eigenvalue weighted by molar-refractivity contribution is -0.147. The average Bonchev–Trinajstić information content (AvgIpc) is 1.88. The fourth-order valence-corrected chi connectivity index (χ4v) is 1.15. The smallest absolute Gasteiger partial charge is 0.246 e. The third-order valence-corrected chi connectivity index (χ3v) is 1.85. The Labute approximate surface area is 60.7 Å². The van der Waals surface area contributed by atoms with Crippen molar-refractivity contribution in [3.63, 3.8) is 0 Å². The van der Waals surface area contributed by atoms with Crippen molar-refractivity contribution in [2.75, 3.05) is 6.61 Å². The number of amides is 1. The second-order valence-corrected chi connectivity index (χ2v) is 2.95. The van der Waals surface area contributed by atoms with Crippen molar-refractivity contribution in [3.05, 3.63) is 0 Å². The molecule has 1 saturated heterocycles. The maximum absolute atomic E-state index is 11.0. The lowest BCUT2D eigenvalue weighted by Crippen LogP contribution is -2.39. The topological polar surface area (TPSA) is 38.3 Å². The SMILES string of the molecule is CC(C)C1CCONC1=O. The summed E-state index contributed by atoms with van der Waals surface area (Å²) in [5.74, 6) is 0.596. The molecule has 3 nitrogen and oxygen atoms in total. The first kappa shape index (κ1) is 7.54. The van der Waals surface area contributed by atoms with Gasteiger partial charge in [0, 0.05) is 5.92 Å². The molecule has 1 amide bonds. The molecule has 0 aromatic rings.